The van der Waals surface area contributed by atoms with Crippen LogP contribution in [0.4, 0.5) is 0 Å². The lowest BCUT2D eigenvalue weighted by Crippen LogP contribution is -2.46. The van der Waals surface area contributed by atoms with Crippen LogP contribution < -0.4 is 10.1 Å². The summed E-state index contributed by atoms with van der Waals surface area (Å²) in [6, 6.07) is 13.4. The Morgan fingerprint density at radius 1 is 0.972 bits per heavy atom. The van der Waals surface area contributed by atoms with Crippen molar-refractivity contribution >= 4 is 17.8 Å². The van der Waals surface area contributed by atoms with Crippen LogP contribution in [0, 0.1) is 17.8 Å². The number of hydrogen-bond acceptors (Lipinski definition) is 6. The van der Waals surface area contributed by atoms with Crippen LogP contribution in [0.2, 0.25) is 0 Å². The van der Waals surface area contributed by atoms with Crippen molar-refractivity contribution in [1.29, 1.82) is 0 Å². The molecule has 1 aliphatic carbocycles. The third kappa shape index (κ3) is 8.46. The molecular weight excluding hydrogens is 458 g/mol. The molecular formula is C29H33NO6. The van der Waals surface area contributed by atoms with E-state index in [1.54, 1.807) is 52.0 Å². The number of methoxy groups -OCH3 is 1. The van der Waals surface area contributed by atoms with Gasteiger partial charge in [0.25, 0.3) is 5.91 Å². The van der Waals surface area contributed by atoms with Crippen molar-refractivity contribution in [1.82, 2.24) is 5.32 Å². The summed E-state index contributed by atoms with van der Waals surface area (Å²) in [7, 11) is 1.24. The summed E-state index contributed by atoms with van der Waals surface area (Å²) in [6.07, 6.45) is 2.54. The Morgan fingerprint density at radius 2 is 1.53 bits per heavy atom. The molecule has 3 rings (SSSR count). The van der Waals surface area contributed by atoms with Crippen LogP contribution in [0.3, 0.4) is 0 Å². The van der Waals surface area contributed by atoms with Gasteiger partial charge in [0.2, 0.25) is 0 Å². The van der Waals surface area contributed by atoms with Crippen molar-refractivity contribution in [3.63, 3.8) is 0 Å². The van der Waals surface area contributed by atoms with Gasteiger partial charge in [-0.1, -0.05) is 18.8 Å². The highest BCUT2D eigenvalue weighted by molar-refractivity contribution is 5.97. The van der Waals surface area contributed by atoms with Crippen molar-refractivity contribution in [2.45, 2.75) is 64.7 Å². The summed E-state index contributed by atoms with van der Waals surface area (Å²) < 4.78 is 15.9. The fraction of sp³-hybridized carbons (Fsp3) is 0.414. The minimum absolute atomic E-state index is 0.0421. The van der Waals surface area contributed by atoms with Crippen molar-refractivity contribution in [2.75, 3.05) is 7.11 Å². The van der Waals surface area contributed by atoms with Crippen LogP contribution in [0.5, 0.6) is 5.75 Å². The summed E-state index contributed by atoms with van der Waals surface area (Å²) in [4.78, 5) is 37.3. The van der Waals surface area contributed by atoms with Gasteiger partial charge in [-0.2, -0.15) is 0 Å². The van der Waals surface area contributed by atoms with Gasteiger partial charge in [-0.15, -0.1) is 0 Å². The van der Waals surface area contributed by atoms with Crippen LogP contribution >= 0.6 is 0 Å². The molecule has 0 aliphatic heterocycles. The van der Waals surface area contributed by atoms with E-state index in [0.29, 0.717) is 11.7 Å². The van der Waals surface area contributed by atoms with Crippen molar-refractivity contribution in [3.8, 4) is 17.6 Å². The fourth-order valence-corrected chi connectivity index (χ4v) is 3.39. The molecule has 190 valence electrons. The van der Waals surface area contributed by atoms with Crippen LogP contribution in [-0.2, 0) is 19.1 Å². The first-order valence-corrected chi connectivity index (χ1v) is 12.0. The Hall–Kier alpha value is -3.79. The van der Waals surface area contributed by atoms with Gasteiger partial charge in [-0.3, -0.25) is 9.59 Å². The number of rotatable bonds is 8. The molecule has 0 heterocycles. The van der Waals surface area contributed by atoms with E-state index in [9.17, 15) is 14.4 Å². The fourth-order valence-electron chi connectivity index (χ4n) is 3.39. The third-order valence-corrected chi connectivity index (χ3v) is 5.40. The number of carbonyl (C=O) groups is 3. The molecule has 0 aromatic heterocycles. The maximum atomic E-state index is 12.8. The van der Waals surface area contributed by atoms with Gasteiger partial charge in [-0.25, -0.2) is 4.79 Å². The number of amides is 1. The second-order valence-corrected chi connectivity index (χ2v) is 9.91. The molecule has 36 heavy (non-hydrogen) atoms. The van der Waals surface area contributed by atoms with Gasteiger partial charge >= 0.3 is 11.9 Å². The van der Waals surface area contributed by atoms with Crippen molar-refractivity contribution in [2.24, 2.45) is 5.92 Å². The first-order valence-electron chi connectivity index (χ1n) is 12.0. The highest BCUT2D eigenvalue weighted by atomic mass is 16.6. The number of benzene rings is 2. The van der Waals surface area contributed by atoms with Crippen LogP contribution in [0.1, 0.15) is 68.4 Å². The van der Waals surface area contributed by atoms with Gasteiger partial charge in [0.15, 0.2) is 0 Å². The summed E-state index contributed by atoms with van der Waals surface area (Å²) in [5.41, 5.74) is 1.33. The predicted octanol–water partition coefficient (Wildman–Crippen LogP) is 4.27. The zero-order chi connectivity index (χ0) is 26.3. The Bertz CT molecular complexity index is 1130. The number of carbonyl (C=O) groups excluding carboxylic acids is 3. The molecule has 2 aromatic rings. The molecule has 0 spiro atoms. The number of esters is 2. The SMILES string of the molecule is COC(=O)[C@@H](NC(=O)c1ccc(C#Cc2ccc(OC3CC3)cc2)cc1)[C@@H](C)CC(=O)OC(C)(C)C. The van der Waals surface area contributed by atoms with E-state index < -0.39 is 35.4 Å². The quantitative estimate of drug-likeness (QED) is 0.438. The predicted molar refractivity (Wildman–Crippen MR) is 135 cm³/mol. The number of nitrogens with one attached hydrogen (secondary N) is 1. The Labute approximate surface area is 212 Å². The molecule has 1 fully saturated rings. The average Bonchev–Trinajstić information content (AvgIpc) is 3.64. The maximum absolute atomic E-state index is 12.8. The van der Waals surface area contributed by atoms with Gasteiger partial charge in [0, 0.05) is 16.7 Å². The topological polar surface area (TPSA) is 90.9 Å². The lowest BCUT2D eigenvalue weighted by Gasteiger charge is -2.25. The second-order valence-electron chi connectivity index (χ2n) is 9.91. The van der Waals surface area contributed by atoms with Gasteiger partial charge in [0.1, 0.15) is 17.4 Å². The van der Waals surface area contributed by atoms with E-state index in [0.717, 1.165) is 29.7 Å². The molecule has 0 unspecified atom stereocenters. The van der Waals surface area contributed by atoms with E-state index in [-0.39, 0.29) is 6.42 Å². The number of ether oxygens (including phenoxy) is 3. The maximum Gasteiger partial charge on any atom is 0.328 e. The first-order chi connectivity index (χ1) is 17.0. The molecule has 0 radical (unpaired) electrons. The summed E-state index contributed by atoms with van der Waals surface area (Å²) in [5, 5.41) is 2.68. The summed E-state index contributed by atoms with van der Waals surface area (Å²) in [5.74, 6) is 4.97. The lowest BCUT2D eigenvalue weighted by molar-refractivity contribution is -0.156. The van der Waals surface area contributed by atoms with Crippen LogP contribution in [0.25, 0.3) is 0 Å². The lowest BCUT2D eigenvalue weighted by atomic mass is 9.97. The van der Waals surface area contributed by atoms with Crippen molar-refractivity contribution < 1.29 is 28.6 Å². The molecule has 7 nitrogen and oxygen atoms in total. The van der Waals surface area contributed by atoms with Crippen molar-refractivity contribution in [3.05, 3.63) is 65.2 Å². The normalized spacial score (nSPS) is 14.5. The minimum atomic E-state index is -0.999. The molecule has 2 atom stereocenters. The monoisotopic (exact) mass is 491 g/mol. The molecule has 1 amide bonds. The third-order valence-electron chi connectivity index (χ3n) is 5.40. The Kier molecular flexibility index (Phi) is 8.76. The smallest absolute Gasteiger partial charge is 0.328 e. The number of hydrogen-bond donors (Lipinski definition) is 1. The summed E-state index contributed by atoms with van der Waals surface area (Å²) in [6.45, 7) is 6.99. The largest absolute Gasteiger partial charge is 0.490 e. The molecule has 2 aromatic carbocycles. The minimum Gasteiger partial charge on any atom is -0.490 e. The van der Waals surface area contributed by atoms with E-state index >= 15 is 0 Å². The highest BCUT2D eigenvalue weighted by Crippen LogP contribution is 2.26. The standard InChI is InChI=1S/C29H33NO6/c1-19(18-25(31)36-29(2,3)4)26(28(33)34-5)30-27(32)22-12-8-20(9-13-22)6-7-21-10-14-23(15-11-21)35-24-16-17-24/h8-15,19,24,26H,16-18H2,1-5H3,(H,30,32)/t19-,26-/m0/s1. The van der Waals surface area contributed by atoms with E-state index in [2.05, 4.69) is 17.2 Å². The van der Waals surface area contributed by atoms with Gasteiger partial charge in [-0.05, 0) is 88.1 Å². The van der Waals surface area contributed by atoms with E-state index in [4.69, 9.17) is 14.2 Å². The van der Waals surface area contributed by atoms with E-state index in [1.807, 2.05) is 24.3 Å². The molecule has 1 N–H and O–H groups in total. The van der Waals surface area contributed by atoms with E-state index in [1.165, 1.54) is 7.11 Å². The second kappa shape index (κ2) is 11.8. The molecule has 0 saturated heterocycles. The first kappa shape index (κ1) is 26.8. The summed E-state index contributed by atoms with van der Waals surface area (Å²) >= 11 is 0. The molecule has 1 aliphatic rings. The van der Waals surface area contributed by atoms with Crippen LogP contribution in [0.15, 0.2) is 48.5 Å². The Balaban J connectivity index is 1.61. The molecule has 1 saturated carbocycles. The molecule has 0 bridgehead atoms. The zero-order valence-electron chi connectivity index (χ0n) is 21.4. The highest BCUT2D eigenvalue weighted by Gasteiger charge is 2.31. The zero-order valence-corrected chi connectivity index (χ0v) is 21.4. The average molecular weight is 492 g/mol. The Morgan fingerprint density at radius 3 is 2.03 bits per heavy atom. The van der Waals surface area contributed by atoms with Crippen LogP contribution in [-0.4, -0.2) is 42.7 Å². The molecule has 7 heteroatoms. The van der Waals surface area contributed by atoms with Gasteiger partial charge in [0.05, 0.1) is 19.6 Å². The van der Waals surface area contributed by atoms with Gasteiger partial charge < -0.3 is 19.5 Å².